The summed E-state index contributed by atoms with van der Waals surface area (Å²) in [5, 5.41) is 11.2. The summed E-state index contributed by atoms with van der Waals surface area (Å²) >= 11 is 0. The number of hydrogen-bond donors (Lipinski definition) is 1. The molecule has 0 aromatic heterocycles. The van der Waals surface area contributed by atoms with Crippen molar-refractivity contribution in [3.8, 4) is 0 Å². The number of ether oxygens (including phenoxy) is 1. The molecule has 0 aliphatic rings. The Bertz CT molecular complexity index is 446. The molecule has 0 heterocycles. The molecule has 16 heavy (non-hydrogen) atoms. The van der Waals surface area contributed by atoms with E-state index in [9.17, 15) is 0 Å². The lowest BCUT2D eigenvalue weighted by Crippen LogP contribution is -2.03. The molecule has 0 spiro atoms. The van der Waals surface area contributed by atoms with Crippen LogP contribution in [0.5, 0.6) is 0 Å². The maximum absolute atomic E-state index is 8.61. The van der Waals surface area contributed by atoms with Crippen LogP contribution in [0, 0.1) is 0 Å². The number of hydrogen-bond acceptors (Lipinski definition) is 2. The first-order valence-electron chi connectivity index (χ1n) is 5.57. The standard InChI is InChI=1S/C14H16O2/c15-9-11-16-10-8-13-6-3-5-12-4-1-2-7-14(12)13/h1-7,15H,8-11H2. The Morgan fingerprint density at radius 1 is 0.938 bits per heavy atom. The van der Waals surface area contributed by atoms with Crippen molar-refractivity contribution in [3.63, 3.8) is 0 Å². The predicted molar refractivity (Wildman–Crippen MR) is 65.6 cm³/mol. The minimum Gasteiger partial charge on any atom is -0.394 e. The molecule has 0 aliphatic carbocycles. The molecule has 0 radical (unpaired) electrons. The number of rotatable bonds is 5. The van der Waals surface area contributed by atoms with Crippen molar-refractivity contribution in [2.24, 2.45) is 0 Å². The fraction of sp³-hybridized carbons (Fsp3) is 0.286. The van der Waals surface area contributed by atoms with Crippen LogP contribution in [0.15, 0.2) is 42.5 Å². The summed E-state index contributed by atoms with van der Waals surface area (Å²) in [6.45, 7) is 1.18. The van der Waals surface area contributed by atoms with E-state index in [0.717, 1.165) is 6.42 Å². The number of aliphatic hydroxyl groups is 1. The van der Waals surface area contributed by atoms with Crippen LogP contribution in [0.1, 0.15) is 5.56 Å². The highest BCUT2D eigenvalue weighted by Crippen LogP contribution is 2.18. The molecule has 2 aromatic rings. The summed E-state index contributed by atoms with van der Waals surface area (Å²) in [5.41, 5.74) is 1.30. The second-order valence-electron chi connectivity index (χ2n) is 3.72. The highest BCUT2D eigenvalue weighted by Gasteiger charge is 1.99. The number of benzene rings is 2. The van der Waals surface area contributed by atoms with Crippen LogP contribution in [-0.4, -0.2) is 24.9 Å². The van der Waals surface area contributed by atoms with E-state index >= 15 is 0 Å². The smallest absolute Gasteiger partial charge is 0.0697 e. The molecule has 2 nitrogen and oxygen atoms in total. The van der Waals surface area contributed by atoms with Gasteiger partial charge in [-0.3, -0.25) is 0 Å². The zero-order chi connectivity index (χ0) is 11.2. The Hall–Kier alpha value is -1.38. The largest absolute Gasteiger partial charge is 0.394 e. The molecular weight excluding hydrogens is 200 g/mol. The molecule has 0 atom stereocenters. The van der Waals surface area contributed by atoms with Gasteiger partial charge in [-0.25, -0.2) is 0 Å². The van der Waals surface area contributed by atoms with Gasteiger partial charge in [-0.2, -0.15) is 0 Å². The monoisotopic (exact) mass is 216 g/mol. The second-order valence-corrected chi connectivity index (χ2v) is 3.72. The third-order valence-corrected chi connectivity index (χ3v) is 2.63. The van der Waals surface area contributed by atoms with Crippen LogP contribution < -0.4 is 0 Å². The summed E-state index contributed by atoms with van der Waals surface area (Å²) in [7, 11) is 0. The quantitative estimate of drug-likeness (QED) is 0.778. The van der Waals surface area contributed by atoms with Crippen molar-refractivity contribution in [3.05, 3.63) is 48.0 Å². The van der Waals surface area contributed by atoms with E-state index in [4.69, 9.17) is 9.84 Å². The summed E-state index contributed by atoms with van der Waals surface area (Å²) in [6.07, 6.45) is 0.890. The summed E-state index contributed by atoms with van der Waals surface area (Å²) < 4.78 is 5.29. The van der Waals surface area contributed by atoms with Gasteiger partial charge in [-0.1, -0.05) is 42.5 Å². The number of fused-ring (bicyclic) bond motifs is 1. The van der Waals surface area contributed by atoms with Gasteiger partial charge in [-0.15, -0.1) is 0 Å². The van der Waals surface area contributed by atoms with E-state index in [0.29, 0.717) is 13.2 Å². The Morgan fingerprint density at radius 3 is 2.62 bits per heavy atom. The van der Waals surface area contributed by atoms with Gasteiger partial charge in [0, 0.05) is 0 Å². The molecule has 84 valence electrons. The van der Waals surface area contributed by atoms with Crippen LogP contribution in [-0.2, 0) is 11.2 Å². The van der Waals surface area contributed by atoms with Crippen LogP contribution in [0.3, 0.4) is 0 Å². The molecule has 0 saturated carbocycles. The molecule has 0 aliphatic heterocycles. The highest BCUT2D eigenvalue weighted by molar-refractivity contribution is 5.85. The van der Waals surface area contributed by atoms with Crippen molar-refractivity contribution in [2.75, 3.05) is 19.8 Å². The van der Waals surface area contributed by atoms with Gasteiger partial charge >= 0.3 is 0 Å². The lowest BCUT2D eigenvalue weighted by molar-refractivity contribution is 0.0945. The Labute approximate surface area is 95.5 Å². The average molecular weight is 216 g/mol. The lowest BCUT2D eigenvalue weighted by Gasteiger charge is -2.06. The molecule has 1 N–H and O–H groups in total. The fourth-order valence-electron chi connectivity index (χ4n) is 1.86. The third kappa shape index (κ3) is 2.60. The van der Waals surface area contributed by atoms with Crippen molar-refractivity contribution in [1.29, 1.82) is 0 Å². The summed E-state index contributed by atoms with van der Waals surface area (Å²) in [5.74, 6) is 0. The van der Waals surface area contributed by atoms with Gasteiger partial charge in [0.1, 0.15) is 0 Å². The third-order valence-electron chi connectivity index (χ3n) is 2.63. The van der Waals surface area contributed by atoms with Gasteiger partial charge in [0.15, 0.2) is 0 Å². The topological polar surface area (TPSA) is 29.5 Å². The van der Waals surface area contributed by atoms with Gasteiger partial charge < -0.3 is 9.84 Å². The Morgan fingerprint density at radius 2 is 1.75 bits per heavy atom. The maximum atomic E-state index is 8.61. The van der Waals surface area contributed by atoms with Gasteiger partial charge in [0.2, 0.25) is 0 Å². The van der Waals surface area contributed by atoms with Gasteiger partial charge in [0.05, 0.1) is 19.8 Å². The average Bonchev–Trinajstić information content (AvgIpc) is 2.35. The molecule has 2 aromatic carbocycles. The summed E-state index contributed by atoms with van der Waals surface area (Å²) in [6, 6.07) is 14.7. The van der Waals surface area contributed by atoms with E-state index in [1.54, 1.807) is 0 Å². The minimum absolute atomic E-state index is 0.0928. The Balaban J connectivity index is 2.11. The van der Waals surface area contributed by atoms with Crippen LogP contribution >= 0.6 is 0 Å². The SMILES string of the molecule is OCCOCCc1cccc2ccccc12. The van der Waals surface area contributed by atoms with Crippen molar-refractivity contribution in [1.82, 2.24) is 0 Å². The molecule has 0 amide bonds. The molecule has 2 heteroatoms. The maximum Gasteiger partial charge on any atom is 0.0697 e. The zero-order valence-electron chi connectivity index (χ0n) is 9.23. The predicted octanol–water partition coefficient (Wildman–Crippen LogP) is 2.39. The normalized spacial score (nSPS) is 10.8. The van der Waals surface area contributed by atoms with E-state index in [2.05, 4.69) is 36.4 Å². The van der Waals surface area contributed by atoms with E-state index < -0.39 is 0 Å². The van der Waals surface area contributed by atoms with Gasteiger partial charge in [0.25, 0.3) is 0 Å². The number of aliphatic hydroxyl groups excluding tert-OH is 1. The fourth-order valence-corrected chi connectivity index (χ4v) is 1.86. The van der Waals surface area contributed by atoms with Crippen molar-refractivity contribution < 1.29 is 9.84 Å². The van der Waals surface area contributed by atoms with E-state index in [-0.39, 0.29) is 6.61 Å². The van der Waals surface area contributed by atoms with E-state index in [1.165, 1.54) is 16.3 Å². The van der Waals surface area contributed by atoms with Crippen molar-refractivity contribution >= 4 is 10.8 Å². The van der Waals surface area contributed by atoms with Crippen LogP contribution in [0.25, 0.3) is 10.8 Å². The first-order chi connectivity index (χ1) is 7.92. The molecule has 0 unspecified atom stereocenters. The molecule has 0 fully saturated rings. The van der Waals surface area contributed by atoms with Crippen LogP contribution in [0.4, 0.5) is 0 Å². The molecule has 0 saturated heterocycles. The highest BCUT2D eigenvalue weighted by atomic mass is 16.5. The first-order valence-corrected chi connectivity index (χ1v) is 5.57. The van der Waals surface area contributed by atoms with Crippen molar-refractivity contribution in [2.45, 2.75) is 6.42 Å². The lowest BCUT2D eigenvalue weighted by atomic mass is 10.0. The molecular formula is C14H16O2. The zero-order valence-corrected chi connectivity index (χ0v) is 9.23. The second kappa shape index (κ2) is 5.64. The van der Waals surface area contributed by atoms with Gasteiger partial charge in [-0.05, 0) is 22.8 Å². The summed E-state index contributed by atoms with van der Waals surface area (Å²) in [4.78, 5) is 0. The first kappa shape index (κ1) is 11.1. The van der Waals surface area contributed by atoms with E-state index in [1.807, 2.05) is 6.07 Å². The molecule has 0 bridgehead atoms. The van der Waals surface area contributed by atoms with Crippen LogP contribution in [0.2, 0.25) is 0 Å². The minimum atomic E-state index is 0.0928. The molecule has 2 rings (SSSR count). The Kier molecular flexibility index (Phi) is 3.91.